The molecule has 11 atom stereocenters. The number of aliphatic hydroxyl groups is 8. The van der Waals surface area contributed by atoms with Crippen molar-refractivity contribution >= 4 is 19.8 Å². The lowest BCUT2D eigenvalue weighted by Gasteiger charge is -2.41. The maximum absolute atomic E-state index is 12.8. The first-order valence-electron chi connectivity index (χ1n) is 24.1. The predicted molar refractivity (Wildman–Crippen MR) is 253 cm³/mol. The van der Waals surface area contributed by atoms with Crippen molar-refractivity contribution in [2.24, 2.45) is 0 Å². The van der Waals surface area contributed by atoms with Crippen LogP contribution in [0.25, 0.3) is 0 Å². The van der Waals surface area contributed by atoms with Crippen LogP contribution < -0.4 is 0 Å². The number of esters is 2. The van der Waals surface area contributed by atoms with Gasteiger partial charge in [0.05, 0.1) is 24.9 Å². The van der Waals surface area contributed by atoms with Crippen LogP contribution in [-0.4, -0.2) is 132 Å². The van der Waals surface area contributed by atoms with Gasteiger partial charge in [-0.1, -0.05) is 151 Å². The van der Waals surface area contributed by atoms with Gasteiger partial charge in [-0.15, -0.1) is 0 Å². The Balaban J connectivity index is 2.60. The highest BCUT2D eigenvalue weighted by Gasteiger charge is 2.51. The van der Waals surface area contributed by atoms with E-state index >= 15 is 0 Å². The Morgan fingerprint density at radius 2 is 1.11 bits per heavy atom. The Morgan fingerprint density at radius 1 is 0.591 bits per heavy atom. The third-order valence-electron chi connectivity index (χ3n) is 10.9. The number of allylic oxidation sites excluding steroid dienone is 9. The predicted octanol–water partition coefficient (Wildman–Crippen LogP) is 6.41. The number of unbranched alkanes of at least 4 members (excludes halogenated alkanes) is 13. The van der Waals surface area contributed by atoms with Crippen molar-refractivity contribution in [1.82, 2.24) is 0 Å². The summed E-state index contributed by atoms with van der Waals surface area (Å²) in [5, 5.41) is 80.8. The molecule has 0 bridgehead atoms. The Kier molecular flexibility index (Phi) is 35.3. The molecule has 0 aliphatic heterocycles. The SMILES string of the molecule is CC/C=C\C[C@H](O)/C=C/C=C/C=C\C=C/[C@@H](O)[C@H](O)CCCC(=O)O[C@H](COC(=O)CCCCCCCCC/C=C\CCCCCCCC)COP(=O)(O)OC1[C@H](O)[C@H](O)C(O)[C@H](O)[C@H]1O. The fourth-order valence-corrected chi connectivity index (χ4v) is 7.83. The molecule has 0 amide bonds. The summed E-state index contributed by atoms with van der Waals surface area (Å²) in [5.74, 6) is -1.44. The number of hydrogen-bond donors (Lipinski definition) is 9. The Morgan fingerprint density at radius 3 is 1.70 bits per heavy atom. The van der Waals surface area contributed by atoms with Gasteiger partial charge < -0.3 is 55.2 Å². The van der Waals surface area contributed by atoms with Gasteiger partial charge in [-0.3, -0.25) is 18.6 Å². The summed E-state index contributed by atoms with van der Waals surface area (Å²) in [4.78, 5) is 35.8. The summed E-state index contributed by atoms with van der Waals surface area (Å²) in [6, 6.07) is 0. The Hall–Kier alpha value is -2.83. The second-order valence-corrected chi connectivity index (χ2v) is 18.2. The first kappa shape index (κ1) is 61.2. The summed E-state index contributed by atoms with van der Waals surface area (Å²) in [6.07, 6.45) is 23.0. The van der Waals surface area contributed by atoms with Crippen molar-refractivity contribution in [1.29, 1.82) is 0 Å². The highest BCUT2D eigenvalue weighted by molar-refractivity contribution is 7.47. The van der Waals surface area contributed by atoms with Crippen molar-refractivity contribution in [2.75, 3.05) is 13.2 Å². The lowest BCUT2D eigenvalue weighted by atomic mass is 9.85. The van der Waals surface area contributed by atoms with Crippen LogP contribution >= 0.6 is 7.82 Å². The normalized spacial score (nSPS) is 23.4. The molecule has 1 fully saturated rings. The molecule has 0 heterocycles. The van der Waals surface area contributed by atoms with Gasteiger partial charge in [-0.25, -0.2) is 4.57 Å². The largest absolute Gasteiger partial charge is 0.472 e. The third kappa shape index (κ3) is 29.8. The van der Waals surface area contributed by atoms with Crippen LogP contribution in [-0.2, 0) is 32.7 Å². The minimum atomic E-state index is -5.22. The molecule has 9 N–H and O–H groups in total. The molecule has 1 aliphatic carbocycles. The van der Waals surface area contributed by atoms with E-state index in [1.54, 1.807) is 42.5 Å². The zero-order chi connectivity index (χ0) is 49.0. The first-order chi connectivity index (χ1) is 31.6. The van der Waals surface area contributed by atoms with Crippen LogP contribution in [0.1, 0.15) is 149 Å². The lowest BCUT2D eigenvalue weighted by Crippen LogP contribution is -2.64. The van der Waals surface area contributed by atoms with Gasteiger partial charge in [0.1, 0.15) is 43.2 Å². The molecular weight excluding hydrogens is 875 g/mol. The second-order valence-electron chi connectivity index (χ2n) is 16.8. The van der Waals surface area contributed by atoms with Crippen molar-refractivity contribution in [2.45, 2.75) is 210 Å². The first-order valence-corrected chi connectivity index (χ1v) is 25.6. The topological polar surface area (TPSA) is 270 Å². The molecule has 1 aliphatic rings. The molecule has 0 spiro atoms. The summed E-state index contributed by atoms with van der Waals surface area (Å²) in [7, 11) is -5.22. The maximum atomic E-state index is 12.8. The van der Waals surface area contributed by atoms with Crippen LogP contribution in [0.15, 0.2) is 72.9 Å². The number of rotatable bonds is 38. The molecule has 0 aromatic rings. The Labute approximate surface area is 393 Å². The molecule has 380 valence electrons. The van der Waals surface area contributed by atoms with E-state index in [2.05, 4.69) is 19.1 Å². The van der Waals surface area contributed by atoms with Crippen LogP contribution in [0.2, 0.25) is 0 Å². The van der Waals surface area contributed by atoms with Crippen molar-refractivity contribution < 1.29 is 78.4 Å². The van der Waals surface area contributed by atoms with Gasteiger partial charge in [0.25, 0.3) is 0 Å². The van der Waals surface area contributed by atoms with Gasteiger partial charge in [0.2, 0.25) is 0 Å². The summed E-state index contributed by atoms with van der Waals surface area (Å²) >= 11 is 0. The summed E-state index contributed by atoms with van der Waals surface area (Å²) < 4.78 is 33.3. The molecule has 0 radical (unpaired) electrons. The number of phosphoric acid groups is 1. The average Bonchev–Trinajstić information content (AvgIpc) is 3.29. The molecule has 17 heteroatoms. The number of carbonyl (C=O) groups is 2. The van der Waals surface area contributed by atoms with Gasteiger partial charge in [-0.2, -0.15) is 0 Å². The Bertz CT molecular complexity index is 1480. The van der Waals surface area contributed by atoms with E-state index in [-0.39, 0.29) is 25.7 Å². The summed E-state index contributed by atoms with van der Waals surface area (Å²) in [5.41, 5.74) is 0. The summed E-state index contributed by atoms with van der Waals surface area (Å²) in [6.45, 7) is 2.81. The van der Waals surface area contributed by atoms with Gasteiger partial charge >= 0.3 is 19.8 Å². The molecule has 3 unspecified atom stereocenters. The number of hydrogen-bond acceptors (Lipinski definition) is 15. The van der Waals surface area contributed by atoms with Crippen molar-refractivity contribution in [3.8, 4) is 0 Å². The smallest absolute Gasteiger partial charge is 0.462 e. The molecule has 0 saturated heterocycles. The van der Waals surface area contributed by atoms with Crippen LogP contribution in [0.3, 0.4) is 0 Å². The number of phosphoric ester groups is 1. The molecule has 66 heavy (non-hydrogen) atoms. The van der Waals surface area contributed by atoms with E-state index in [0.717, 1.165) is 57.8 Å². The fourth-order valence-electron chi connectivity index (χ4n) is 6.86. The highest BCUT2D eigenvalue weighted by atomic mass is 31.2. The fraction of sp³-hybridized carbons (Fsp3) is 0.714. The molecule has 1 rings (SSSR count). The standard InChI is InChI=1S/C49H83O16P/c1-3-5-7-8-9-10-11-12-13-14-15-16-17-18-19-24-28-34-42(53)62-36-39(37-63-66(60,61)65-49-47(58)45(56)44(55)46(57)48(49)59)64-43(54)35-29-33-41(52)40(51)32-27-23-21-20-22-26-31-38(50)30-25-6-4-2/h6,12-13,20-23,25-27,31-32,38-41,44-52,55-59H,3-5,7-11,14-19,24,28-30,33-37H2,1-2H3,(H,60,61)/b13-12-,22-20+,23-21-,25-6-,31-26+,32-27-/t38-,39+,40+,41+,44?,45-,46+,47+,48+,49?/m0/s1. The molecule has 0 aromatic heterocycles. The van der Waals surface area contributed by atoms with Gasteiger partial charge in [-0.05, 0) is 57.8 Å². The van der Waals surface area contributed by atoms with Crippen LogP contribution in [0.4, 0.5) is 0 Å². The average molecular weight is 959 g/mol. The van der Waals surface area contributed by atoms with Gasteiger partial charge in [0.15, 0.2) is 6.10 Å². The molecule has 1 saturated carbocycles. The lowest BCUT2D eigenvalue weighted by molar-refractivity contribution is -0.220. The van der Waals surface area contributed by atoms with E-state index in [1.165, 1.54) is 44.6 Å². The number of ether oxygens (including phenoxy) is 2. The minimum absolute atomic E-state index is 0.00420. The second kappa shape index (κ2) is 38.1. The van der Waals surface area contributed by atoms with Crippen molar-refractivity contribution in [3.63, 3.8) is 0 Å². The van der Waals surface area contributed by atoms with E-state index in [9.17, 15) is 59.9 Å². The van der Waals surface area contributed by atoms with Gasteiger partial charge in [0, 0.05) is 12.8 Å². The zero-order valence-corrected chi connectivity index (χ0v) is 40.2. The van der Waals surface area contributed by atoms with E-state index in [4.69, 9.17) is 18.5 Å². The van der Waals surface area contributed by atoms with Crippen molar-refractivity contribution in [3.05, 3.63) is 72.9 Å². The number of aliphatic hydroxyl groups excluding tert-OH is 8. The molecule has 0 aromatic carbocycles. The van der Waals surface area contributed by atoms with Crippen LogP contribution in [0, 0.1) is 0 Å². The molecular formula is C49H83O16P. The third-order valence-corrected chi connectivity index (χ3v) is 11.9. The number of carbonyl (C=O) groups excluding carboxylic acids is 2. The monoisotopic (exact) mass is 959 g/mol. The zero-order valence-electron chi connectivity index (χ0n) is 39.3. The minimum Gasteiger partial charge on any atom is -0.462 e. The molecule has 16 nitrogen and oxygen atoms in total. The quantitative estimate of drug-likeness (QED) is 0.0106. The van der Waals surface area contributed by atoms with Crippen LogP contribution in [0.5, 0.6) is 0 Å². The van der Waals surface area contributed by atoms with E-state index in [0.29, 0.717) is 12.8 Å². The van der Waals surface area contributed by atoms with E-state index in [1.807, 2.05) is 19.1 Å². The highest BCUT2D eigenvalue weighted by Crippen LogP contribution is 2.47. The maximum Gasteiger partial charge on any atom is 0.472 e. The van der Waals surface area contributed by atoms with E-state index < -0.39 is 94.0 Å².